The lowest BCUT2D eigenvalue weighted by atomic mass is 10.1. The zero-order valence-electron chi connectivity index (χ0n) is 17.0. The number of sulfonamides is 1. The molecule has 0 heterocycles. The molecule has 0 aliphatic rings. The maximum Gasteiger partial charge on any atom is 0.264 e. The number of methoxy groups -OCH3 is 2. The van der Waals surface area contributed by atoms with E-state index < -0.39 is 16.1 Å². The van der Waals surface area contributed by atoms with Crippen LogP contribution in [0.2, 0.25) is 0 Å². The zero-order chi connectivity index (χ0) is 21.0. The van der Waals surface area contributed by atoms with Crippen LogP contribution < -0.4 is 13.8 Å². The Labute approximate surface area is 172 Å². The molecular weight excluding hydrogens is 386 g/mol. The van der Waals surface area contributed by atoms with Gasteiger partial charge in [0.15, 0.2) is 0 Å². The molecule has 0 spiro atoms. The van der Waals surface area contributed by atoms with Gasteiger partial charge in [-0.1, -0.05) is 30.3 Å². The predicted octanol–water partition coefficient (Wildman–Crippen LogP) is 4.97. The number of rotatable bonds is 7. The second-order valence-electron chi connectivity index (χ2n) is 6.73. The molecule has 0 unspecified atom stereocenters. The number of benzene rings is 3. The molecule has 3 rings (SSSR count). The largest absolute Gasteiger partial charge is 0.497 e. The van der Waals surface area contributed by atoms with Crippen LogP contribution in [0.5, 0.6) is 11.5 Å². The molecule has 3 aromatic carbocycles. The molecule has 0 aliphatic carbocycles. The fourth-order valence-corrected chi connectivity index (χ4v) is 4.96. The number of para-hydroxylation sites is 1. The van der Waals surface area contributed by atoms with E-state index in [-0.39, 0.29) is 4.90 Å². The quantitative estimate of drug-likeness (QED) is 0.551. The smallest absolute Gasteiger partial charge is 0.264 e. The molecule has 29 heavy (non-hydrogen) atoms. The lowest BCUT2D eigenvalue weighted by molar-refractivity contribution is 0.407. The van der Waals surface area contributed by atoms with Crippen LogP contribution in [0.25, 0.3) is 0 Å². The molecule has 6 heteroatoms. The highest BCUT2D eigenvalue weighted by Gasteiger charge is 2.31. The van der Waals surface area contributed by atoms with Gasteiger partial charge in [-0.25, -0.2) is 8.42 Å². The van der Waals surface area contributed by atoms with E-state index in [1.54, 1.807) is 44.6 Å². The highest BCUT2D eigenvalue weighted by atomic mass is 32.2. The average molecular weight is 412 g/mol. The molecule has 3 aromatic rings. The van der Waals surface area contributed by atoms with Gasteiger partial charge in [-0.15, -0.1) is 0 Å². The Balaban J connectivity index is 2.17. The summed E-state index contributed by atoms with van der Waals surface area (Å²) in [7, 11) is -0.714. The van der Waals surface area contributed by atoms with Gasteiger partial charge in [0.05, 0.1) is 30.8 Å². The van der Waals surface area contributed by atoms with Gasteiger partial charge in [-0.2, -0.15) is 0 Å². The molecule has 0 aliphatic heterocycles. The Morgan fingerprint density at radius 2 is 1.55 bits per heavy atom. The Morgan fingerprint density at radius 3 is 2.17 bits per heavy atom. The van der Waals surface area contributed by atoms with Crippen molar-refractivity contribution in [3.05, 3.63) is 83.9 Å². The van der Waals surface area contributed by atoms with Crippen LogP contribution in [0.4, 0.5) is 5.69 Å². The van der Waals surface area contributed by atoms with Crippen molar-refractivity contribution in [3.63, 3.8) is 0 Å². The summed E-state index contributed by atoms with van der Waals surface area (Å²) >= 11 is 0. The summed E-state index contributed by atoms with van der Waals surface area (Å²) in [5.74, 6) is 1.24. The van der Waals surface area contributed by atoms with Crippen molar-refractivity contribution in [1.29, 1.82) is 0 Å². The van der Waals surface area contributed by atoms with Crippen LogP contribution in [-0.2, 0) is 10.0 Å². The molecular formula is C23H25NO4S. The fourth-order valence-electron chi connectivity index (χ4n) is 3.33. The van der Waals surface area contributed by atoms with Gasteiger partial charge in [-0.05, 0) is 61.9 Å². The molecule has 0 fully saturated rings. The summed E-state index contributed by atoms with van der Waals surface area (Å²) in [5.41, 5.74) is 2.36. The first-order chi connectivity index (χ1) is 13.9. The topological polar surface area (TPSA) is 55.8 Å². The van der Waals surface area contributed by atoms with E-state index in [1.807, 2.05) is 56.3 Å². The van der Waals surface area contributed by atoms with Crippen LogP contribution in [0.15, 0.2) is 77.7 Å². The van der Waals surface area contributed by atoms with E-state index in [0.717, 1.165) is 11.1 Å². The summed E-state index contributed by atoms with van der Waals surface area (Å²) in [6.07, 6.45) is 0. The lowest BCUT2D eigenvalue weighted by Crippen LogP contribution is -2.34. The van der Waals surface area contributed by atoms with Gasteiger partial charge in [-0.3, -0.25) is 4.31 Å². The maximum atomic E-state index is 13.7. The number of hydrogen-bond acceptors (Lipinski definition) is 4. The van der Waals surface area contributed by atoms with Crippen LogP contribution >= 0.6 is 0 Å². The minimum Gasteiger partial charge on any atom is -0.497 e. The van der Waals surface area contributed by atoms with E-state index in [0.29, 0.717) is 17.2 Å². The fraction of sp³-hybridized carbons (Fsp3) is 0.217. The number of nitrogens with zero attached hydrogens (tertiary/aromatic N) is 1. The Bertz CT molecular complexity index is 1080. The maximum absolute atomic E-state index is 13.7. The standard InChI is InChI=1S/C23H25NO4S/c1-17-8-7-9-19(16-17)24(18(2)22-10-5-6-11-23(22)28-4)29(25,26)21-14-12-20(27-3)13-15-21/h5-16,18H,1-4H3/t18-/m0/s1. The minimum atomic E-state index is -3.85. The van der Waals surface area contributed by atoms with E-state index in [9.17, 15) is 8.42 Å². The SMILES string of the molecule is COc1ccc(S(=O)(=O)N(c2cccc(C)c2)[C@@H](C)c2ccccc2OC)cc1. The van der Waals surface area contributed by atoms with Crippen molar-refractivity contribution in [2.24, 2.45) is 0 Å². The summed E-state index contributed by atoms with van der Waals surface area (Å²) in [4.78, 5) is 0.196. The van der Waals surface area contributed by atoms with Crippen molar-refractivity contribution in [2.45, 2.75) is 24.8 Å². The lowest BCUT2D eigenvalue weighted by Gasteiger charge is -2.32. The first-order valence-electron chi connectivity index (χ1n) is 9.26. The molecule has 5 nitrogen and oxygen atoms in total. The van der Waals surface area contributed by atoms with Crippen molar-refractivity contribution in [3.8, 4) is 11.5 Å². The van der Waals surface area contributed by atoms with Crippen LogP contribution in [0.3, 0.4) is 0 Å². The van der Waals surface area contributed by atoms with E-state index in [2.05, 4.69) is 0 Å². The number of anilines is 1. The molecule has 0 N–H and O–H groups in total. The molecule has 0 saturated carbocycles. The van der Waals surface area contributed by atoms with Crippen molar-refractivity contribution >= 4 is 15.7 Å². The van der Waals surface area contributed by atoms with Gasteiger partial charge in [0.1, 0.15) is 11.5 Å². The number of hydrogen-bond donors (Lipinski definition) is 0. The van der Waals surface area contributed by atoms with E-state index >= 15 is 0 Å². The summed E-state index contributed by atoms with van der Waals surface area (Å²) < 4.78 is 39.5. The number of ether oxygens (including phenoxy) is 2. The highest BCUT2D eigenvalue weighted by Crippen LogP contribution is 2.37. The van der Waals surface area contributed by atoms with Crippen LogP contribution in [0, 0.1) is 6.92 Å². The van der Waals surface area contributed by atoms with E-state index in [4.69, 9.17) is 9.47 Å². The van der Waals surface area contributed by atoms with Crippen LogP contribution in [0.1, 0.15) is 24.1 Å². The second-order valence-corrected chi connectivity index (χ2v) is 8.55. The zero-order valence-corrected chi connectivity index (χ0v) is 17.8. The first kappa shape index (κ1) is 20.7. The summed E-state index contributed by atoms with van der Waals surface area (Å²) in [5, 5.41) is 0. The molecule has 0 saturated heterocycles. The third-order valence-corrected chi connectivity index (χ3v) is 6.73. The van der Waals surface area contributed by atoms with Gasteiger partial charge < -0.3 is 9.47 Å². The summed E-state index contributed by atoms with van der Waals surface area (Å²) in [6.45, 7) is 3.80. The van der Waals surface area contributed by atoms with Crippen LogP contribution in [-0.4, -0.2) is 22.6 Å². The van der Waals surface area contributed by atoms with Crippen molar-refractivity contribution in [1.82, 2.24) is 0 Å². The van der Waals surface area contributed by atoms with Gasteiger partial charge >= 0.3 is 0 Å². The van der Waals surface area contributed by atoms with Gasteiger partial charge in [0.25, 0.3) is 10.0 Å². The molecule has 152 valence electrons. The average Bonchev–Trinajstić information content (AvgIpc) is 2.73. The Morgan fingerprint density at radius 1 is 0.862 bits per heavy atom. The highest BCUT2D eigenvalue weighted by molar-refractivity contribution is 7.92. The third kappa shape index (κ3) is 4.22. The third-order valence-electron chi connectivity index (χ3n) is 4.81. The molecule has 0 radical (unpaired) electrons. The number of aryl methyl sites for hydroxylation is 1. The first-order valence-corrected chi connectivity index (χ1v) is 10.7. The van der Waals surface area contributed by atoms with Gasteiger partial charge in [0.2, 0.25) is 0 Å². The Kier molecular flexibility index (Phi) is 6.13. The molecule has 0 bridgehead atoms. The van der Waals surface area contributed by atoms with E-state index in [1.165, 1.54) is 4.31 Å². The van der Waals surface area contributed by atoms with Crippen molar-refractivity contribution < 1.29 is 17.9 Å². The Hall–Kier alpha value is -2.99. The second kappa shape index (κ2) is 8.57. The summed E-state index contributed by atoms with van der Waals surface area (Å²) in [6, 6.07) is 20.9. The normalized spacial score (nSPS) is 12.3. The monoisotopic (exact) mass is 411 g/mol. The van der Waals surface area contributed by atoms with Crippen molar-refractivity contribution in [2.75, 3.05) is 18.5 Å². The molecule has 0 amide bonds. The molecule has 0 aromatic heterocycles. The minimum absolute atomic E-state index is 0.196. The van der Waals surface area contributed by atoms with Gasteiger partial charge in [0, 0.05) is 5.56 Å². The molecule has 1 atom stereocenters. The predicted molar refractivity (Wildman–Crippen MR) is 115 cm³/mol.